The maximum atomic E-state index is 12.9. The molecule has 0 aliphatic rings. The van der Waals surface area contributed by atoms with Crippen molar-refractivity contribution in [3.05, 3.63) is 107 Å². The summed E-state index contributed by atoms with van der Waals surface area (Å²) >= 11 is 0. The van der Waals surface area contributed by atoms with Gasteiger partial charge >= 0.3 is 61.6 Å². The van der Waals surface area contributed by atoms with Gasteiger partial charge in [-0.15, -0.1) is 0 Å². The maximum absolute atomic E-state index is 12.9. The van der Waals surface area contributed by atoms with Crippen molar-refractivity contribution in [3.8, 4) is 0 Å². The van der Waals surface area contributed by atoms with Crippen molar-refractivity contribution >= 4 is 81.9 Å². The van der Waals surface area contributed by atoms with Gasteiger partial charge in [-0.25, -0.2) is 36.0 Å². The Morgan fingerprint density at radius 3 is 0.600 bits per heavy atom. The molecule has 0 aliphatic carbocycles. The first kappa shape index (κ1) is 101. The standard InChI is InChI=1S/2C44H74O7S.Ca/c2*1-3-5-7-9-11-13-15-17-19-21-23-25-27-29-31-33-37-50-43(45)41-36-35-40(52(47,48)49)39-42(41)44(46)51-38-34-32-30-28-26-24-22-20-18-16-14-12-10-8-6-4-2;/h2*7-10,35-36,39H,3-6,11-34,37-38H2,1-2H3,(H,47,48,49);/q;;+2/p-2/b2*9-7+,10-8+;. The zero-order chi connectivity index (χ0) is 75.9. The number of benzene rings is 2. The monoisotopic (exact) mass is 1530 g/mol. The Labute approximate surface area is 671 Å². The largest absolute Gasteiger partial charge is 2.00 e. The molecule has 14 nitrogen and oxygen atoms in total. The van der Waals surface area contributed by atoms with Crippen LogP contribution in [0.15, 0.2) is 94.8 Å². The minimum absolute atomic E-state index is 0. The number of esters is 4. The first-order valence-corrected chi connectivity index (χ1v) is 44.9. The van der Waals surface area contributed by atoms with E-state index in [-0.39, 0.29) is 86.4 Å². The molecule has 0 fully saturated rings. The molecular weight excluding hydrogens is 1390 g/mol. The van der Waals surface area contributed by atoms with Gasteiger partial charge in [-0.05, 0) is 139 Å². The van der Waals surface area contributed by atoms with Crippen LogP contribution >= 0.6 is 0 Å². The second-order valence-corrected chi connectivity index (χ2v) is 31.4. The Morgan fingerprint density at radius 2 is 0.419 bits per heavy atom. The van der Waals surface area contributed by atoms with Crippen molar-refractivity contribution < 1.29 is 64.1 Å². The molecule has 2 aromatic rings. The maximum Gasteiger partial charge on any atom is 2.00 e. The summed E-state index contributed by atoms with van der Waals surface area (Å²) in [6.45, 7) is 9.56. The predicted molar refractivity (Wildman–Crippen MR) is 434 cm³/mol. The third kappa shape index (κ3) is 60.8. The first-order valence-electron chi connectivity index (χ1n) is 42.1. The quantitative estimate of drug-likeness (QED) is 0.0150. The summed E-state index contributed by atoms with van der Waals surface area (Å²) in [6, 6.07) is 6.26. The second-order valence-electron chi connectivity index (χ2n) is 28.6. The molecule has 0 unspecified atom stereocenters. The molecule has 0 aromatic heterocycles. The zero-order valence-electron chi connectivity index (χ0n) is 66.7. The van der Waals surface area contributed by atoms with E-state index >= 15 is 0 Å². The van der Waals surface area contributed by atoms with E-state index in [1.54, 1.807) is 0 Å². The van der Waals surface area contributed by atoms with Crippen LogP contribution in [0, 0.1) is 0 Å². The van der Waals surface area contributed by atoms with Crippen molar-refractivity contribution in [2.45, 2.75) is 397 Å². The smallest absolute Gasteiger partial charge is 0.744 e. The molecule has 0 aliphatic heterocycles. The SMILES string of the molecule is CCC/C=C/CCCCCCCCCCCCCOC(=O)c1ccc(S(=O)(=O)[O-])cc1C(=O)OCCCCCCCCCCCCC/C=C/CCC.CCC/C=C/CCCCCCCCCCCCCOC(=O)c1ccc(S(=O)(=O)[O-])cc1C(=O)OCCCCCCCCCCCCC/C=C/CCC.[Ca+2]. The summed E-state index contributed by atoms with van der Waals surface area (Å²) in [7, 11) is -9.63. The number of carbonyl (C=O) groups excluding carboxylic acids is 4. The van der Waals surface area contributed by atoms with Crippen LogP contribution in [-0.4, -0.2) is 114 Å². The summed E-state index contributed by atoms with van der Waals surface area (Å²) in [5.74, 6) is -3.10. The average molecular weight is 1530 g/mol. The molecule has 0 saturated carbocycles. The van der Waals surface area contributed by atoms with E-state index in [1.807, 2.05) is 0 Å². The van der Waals surface area contributed by atoms with Crippen molar-refractivity contribution in [1.82, 2.24) is 0 Å². The van der Waals surface area contributed by atoms with Crippen LogP contribution < -0.4 is 0 Å². The number of rotatable bonds is 70. The van der Waals surface area contributed by atoms with E-state index in [0.29, 0.717) is 25.7 Å². The van der Waals surface area contributed by atoms with Crippen LogP contribution in [0.4, 0.5) is 0 Å². The molecule has 105 heavy (non-hydrogen) atoms. The van der Waals surface area contributed by atoms with Crippen LogP contribution in [-0.2, 0) is 39.2 Å². The van der Waals surface area contributed by atoms with Crippen molar-refractivity contribution in [3.63, 3.8) is 0 Å². The van der Waals surface area contributed by atoms with Crippen LogP contribution in [0.1, 0.15) is 429 Å². The summed E-state index contributed by atoms with van der Waals surface area (Å²) in [6.07, 6.45) is 84.3. The number of unbranched alkanes of at least 4 members (excludes halogenated alkanes) is 48. The molecule has 2 rings (SSSR count). The van der Waals surface area contributed by atoms with Crippen LogP contribution in [0.3, 0.4) is 0 Å². The Morgan fingerprint density at radius 1 is 0.257 bits per heavy atom. The Bertz CT molecular complexity index is 2610. The van der Waals surface area contributed by atoms with E-state index in [4.69, 9.17) is 18.9 Å². The van der Waals surface area contributed by atoms with Gasteiger partial charge in [0.2, 0.25) is 0 Å². The van der Waals surface area contributed by atoms with Gasteiger partial charge in [0.25, 0.3) is 0 Å². The van der Waals surface area contributed by atoms with Gasteiger partial charge in [0.15, 0.2) is 0 Å². The normalized spacial score (nSPS) is 11.8. The second kappa shape index (κ2) is 73.2. The molecule has 0 atom stereocenters. The topological polar surface area (TPSA) is 220 Å². The van der Waals surface area contributed by atoms with Gasteiger partial charge in [-0.3, -0.25) is 0 Å². The predicted octanol–water partition coefficient (Wildman–Crippen LogP) is 25.6. The molecular formula is C88H146CaO14S2. The molecule has 0 amide bonds. The molecule has 0 radical (unpaired) electrons. The van der Waals surface area contributed by atoms with E-state index in [9.17, 15) is 45.1 Å². The molecule has 0 heterocycles. The third-order valence-electron chi connectivity index (χ3n) is 18.9. The molecule has 0 N–H and O–H groups in total. The van der Waals surface area contributed by atoms with Gasteiger partial charge in [0, 0.05) is 0 Å². The minimum atomic E-state index is -4.81. The van der Waals surface area contributed by atoms with E-state index in [0.717, 1.165) is 101 Å². The first-order chi connectivity index (χ1) is 50.6. The number of allylic oxidation sites excluding steroid dienone is 8. The van der Waals surface area contributed by atoms with Crippen molar-refractivity contribution in [1.29, 1.82) is 0 Å². The molecule has 0 bridgehead atoms. The summed E-state index contributed by atoms with van der Waals surface area (Å²) < 4.78 is 91.4. The van der Waals surface area contributed by atoms with E-state index < -0.39 is 53.9 Å². The number of hydrogen-bond donors (Lipinski definition) is 0. The number of hydrogen-bond acceptors (Lipinski definition) is 14. The molecule has 17 heteroatoms. The Kier molecular flexibility index (Phi) is 70.6. The number of ether oxygens (including phenoxy) is 4. The molecule has 0 spiro atoms. The summed E-state index contributed by atoms with van der Waals surface area (Å²) in [4.78, 5) is 50.4. The molecule has 0 saturated heterocycles. The molecule has 596 valence electrons. The Balaban J connectivity index is 0.00000204. The fraction of sp³-hybridized carbons (Fsp3) is 0.727. The van der Waals surface area contributed by atoms with Crippen molar-refractivity contribution in [2.24, 2.45) is 0 Å². The van der Waals surface area contributed by atoms with Crippen LogP contribution in [0.5, 0.6) is 0 Å². The number of carbonyl (C=O) groups is 4. The van der Waals surface area contributed by atoms with E-state index in [1.165, 1.54) is 269 Å². The zero-order valence-corrected chi connectivity index (χ0v) is 70.6. The van der Waals surface area contributed by atoms with Gasteiger partial charge in [-0.2, -0.15) is 0 Å². The van der Waals surface area contributed by atoms with Gasteiger partial charge in [0.05, 0.1) is 58.5 Å². The van der Waals surface area contributed by atoms with Gasteiger partial charge in [0.1, 0.15) is 20.2 Å². The average Bonchev–Trinajstić information content (AvgIpc) is 0.816. The van der Waals surface area contributed by atoms with Gasteiger partial charge < -0.3 is 28.1 Å². The fourth-order valence-corrected chi connectivity index (χ4v) is 13.4. The summed E-state index contributed by atoms with van der Waals surface area (Å²) in [5.41, 5.74) is -0.680. The van der Waals surface area contributed by atoms with Gasteiger partial charge in [-0.1, -0.05) is 333 Å². The van der Waals surface area contributed by atoms with Crippen LogP contribution in [0.25, 0.3) is 0 Å². The Hall–Kier alpha value is -3.64. The third-order valence-corrected chi connectivity index (χ3v) is 20.6. The molecule has 2 aromatic carbocycles. The van der Waals surface area contributed by atoms with Crippen LogP contribution in [0.2, 0.25) is 0 Å². The fourth-order valence-electron chi connectivity index (χ4n) is 12.5. The van der Waals surface area contributed by atoms with E-state index in [2.05, 4.69) is 76.3 Å². The van der Waals surface area contributed by atoms with Crippen molar-refractivity contribution in [2.75, 3.05) is 26.4 Å². The minimum Gasteiger partial charge on any atom is -0.744 e. The summed E-state index contributed by atoms with van der Waals surface area (Å²) in [5, 5.41) is 0.